The van der Waals surface area contributed by atoms with Crippen molar-refractivity contribution in [1.82, 2.24) is 16.0 Å². The molecule has 3 amide bonds. The predicted molar refractivity (Wildman–Crippen MR) is 109 cm³/mol. The van der Waals surface area contributed by atoms with Gasteiger partial charge in [0.25, 0.3) is 0 Å². The number of carbonyl (C=O) groups is 3. The molecule has 4 atom stereocenters. The lowest BCUT2D eigenvalue weighted by molar-refractivity contribution is -0.133. The van der Waals surface area contributed by atoms with Gasteiger partial charge in [-0.05, 0) is 37.7 Å². The van der Waals surface area contributed by atoms with Crippen molar-refractivity contribution in [2.24, 2.45) is 11.8 Å². The molecule has 3 N–H and O–H groups in total. The molecule has 0 unspecified atom stereocenters. The third kappa shape index (κ3) is 6.36. The molecule has 0 bridgehead atoms. The van der Waals surface area contributed by atoms with Crippen LogP contribution in [0.1, 0.15) is 58.4 Å². The zero-order valence-corrected chi connectivity index (χ0v) is 17.2. The Hall–Kier alpha value is -2.37. The molecule has 6 nitrogen and oxygen atoms in total. The van der Waals surface area contributed by atoms with Gasteiger partial charge >= 0.3 is 0 Å². The van der Waals surface area contributed by atoms with Crippen LogP contribution < -0.4 is 16.0 Å². The Morgan fingerprint density at radius 2 is 1.75 bits per heavy atom. The fourth-order valence-corrected chi connectivity index (χ4v) is 4.09. The third-order valence-electron chi connectivity index (χ3n) is 5.56. The van der Waals surface area contributed by atoms with Crippen LogP contribution in [0, 0.1) is 11.8 Å². The number of hydrogen-bond acceptors (Lipinski definition) is 3. The van der Waals surface area contributed by atoms with Crippen molar-refractivity contribution in [3.8, 4) is 0 Å². The van der Waals surface area contributed by atoms with Gasteiger partial charge in [-0.25, -0.2) is 0 Å². The summed E-state index contributed by atoms with van der Waals surface area (Å²) in [5.41, 5.74) is 1.01. The van der Waals surface area contributed by atoms with Crippen molar-refractivity contribution in [3.63, 3.8) is 0 Å². The first-order chi connectivity index (χ1) is 13.4. The summed E-state index contributed by atoms with van der Waals surface area (Å²) in [7, 11) is 0. The van der Waals surface area contributed by atoms with E-state index in [9.17, 15) is 14.4 Å². The molecule has 0 saturated heterocycles. The average Bonchev–Trinajstić information content (AvgIpc) is 2.68. The molecular formula is C22H33N3O3. The summed E-state index contributed by atoms with van der Waals surface area (Å²) in [5.74, 6) is -0.453. The van der Waals surface area contributed by atoms with E-state index in [1.54, 1.807) is 6.92 Å². The van der Waals surface area contributed by atoms with Gasteiger partial charge in [0.05, 0.1) is 0 Å². The largest absolute Gasteiger partial charge is 0.353 e. The summed E-state index contributed by atoms with van der Waals surface area (Å²) in [6, 6.07) is 9.10. The van der Waals surface area contributed by atoms with Gasteiger partial charge in [0.15, 0.2) is 0 Å². The standard InChI is InChI=1S/C22H33N3O3/c1-4-18(19-12-8-9-13-20(19)25-16(3)26)22(28)24-15(2)21(27)23-14-17-10-6-5-7-11-17/h5-7,10-11,15,18-20H,4,8-9,12-14H2,1-3H3,(H,23,27)(H,24,28)(H,25,26)/t15-,18-,19-,20-/m0/s1. The normalized spacial score (nSPS) is 21.2. The Morgan fingerprint density at radius 3 is 2.39 bits per heavy atom. The molecule has 154 valence electrons. The van der Waals surface area contributed by atoms with Crippen molar-refractivity contribution in [3.05, 3.63) is 35.9 Å². The van der Waals surface area contributed by atoms with Gasteiger partial charge in [-0.3, -0.25) is 14.4 Å². The van der Waals surface area contributed by atoms with Crippen LogP contribution in [0.2, 0.25) is 0 Å². The molecule has 0 radical (unpaired) electrons. The lowest BCUT2D eigenvalue weighted by Crippen LogP contribution is -2.51. The molecular weight excluding hydrogens is 354 g/mol. The lowest BCUT2D eigenvalue weighted by atomic mass is 9.75. The number of nitrogens with one attached hydrogen (secondary N) is 3. The minimum Gasteiger partial charge on any atom is -0.353 e. The highest BCUT2D eigenvalue weighted by Gasteiger charge is 2.36. The van der Waals surface area contributed by atoms with E-state index < -0.39 is 6.04 Å². The molecule has 2 rings (SSSR count). The van der Waals surface area contributed by atoms with E-state index in [2.05, 4.69) is 16.0 Å². The number of benzene rings is 1. The van der Waals surface area contributed by atoms with Crippen molar-refractivity contribution in [1.29, 1.82) is 0 Å². The molecule has 0 heterocycles. The minimum absolute atomic E-state index is 0.0316. The SMILES string of the molecule is CC[C@H](C(=O)N[C@@H](C)C(=O)NCc1ccccc1)[C@@H]1CCCC[C@@H]1NC(C)=O. The maximum Gasteiger partial charge on any atom is 0.242 e. The monoisotopic (exact) mass is 387 g/mol. The Morgan fingerprint density at radius 1 is 1.07 bits per heavy atom. The molecule has 1 aliphatic carbocycles. The van der Waals surface area contributed by atoms with Crippen molar-refractivity contribution in [2.75, 3.05) is 0 Å². The Bertz CT molecular complexity index is 662. The second-order valence-corrected chi connectivity index (χ2v) is 7.70. The van der Waals surface area contributed by atoms with Crippen LogP contribution in [-0.4, -0.2) is 29.8 Å². The highest BCUT2D eigenvalue weighted by atomic mass is 16.2. The van der Waals surface area contributed by atoms with Crippen LogP contribution in [0.3, 0.4) is 0 Å². The summed E-state index contributed by atoms with van der Waals surface area (Å²) in [5, 5.41) is 8.76. The first-order valence-electron chi connectivity index (χ1n) is 10.3. The smallest absolute Gasteiger partial charge is 0.242 e. The van der Waals surface area contributed by atoms with Crippen LogP contribution in [0.25, 0.3) is 0 Å². The molecule has 28 heavy (non-hydrogen) atoms. The number of rotatable bonds is 8. The van der Waals surface area contributed by atoms with Crippen molar-refractivity contribution in [2.45, 2.75) is 71.5 Å². The molecule has 6 heteroatoms. The summed E-state index contributed by atoms with van der Waals surface area (Å²) in [4.78, 5) is 36.8. The van der Waals surface area contributed by atoms with Gasteiger partial charge in [-0.1, -0.05) is 50.1 Å². The fraction of sp³-hybridized carbons (Fsp3) is 0.591. The van der Waals surface area contributed by atoms with Gasteiger partial charge in [0.2, 0.25) is 17.7 Å². The Balaban J connectivity index is 1.92. The van der Waals surface area contributed by atoms with E-state index >= 15 is 0 Å². The van der Waals surface area contributed by atoms with E-state index in [-0.39, 0.29) is 35.6 Å². The van der Waals surface area contributed by atoms with E-state index in [0.29, 0.717) is 13.0 Å². The van der Waals surface area contributed by atoms with Gasteiger partial charge in [-0.2, -0.15) is 0 Å². The second-order valence-electron chi connectivity index (χ2n) is 7.70. The topological polar surface area (TPSA) is 87.3 Å². The zero-order valence-electron chi connectivity index (χ0n) is 17.2. The van der Waals surface area contributed by atoms with E-state index in [1.165, 1.54) is 6.92 Å². The van der Waals surface area contributed by atoms with Gasteiger partial charge in [0, 0.05) is 25.4 Å². The van der Waals surface area contributed by atoms with Crippen molar-refractivity contribution >= 4 is 17.7 Å². The maximum absolute atomic E-state index is 12.9. The summed E-state index contributed by atoms with van der Waals surface area (Å²) in [6.07, 6.45) is 4.65. The fourth-order valence-electron chi connectivity index (χ4n) is 4.09. The summed E-state index contributed by atoms with van der Waals surface area (Å²) < 4.78 is 0. The van der Waals surface area contributed by atoms with Crippen LogP contribution >= 0.6 is 0 Å². The van der Waals surface area contributed by atoms with E-state index in [1.807, 2.05) is 37.3 Å². The molecule has 1 aliphatic rings. The van der Waals surface area contributed by atoms with E-state index in [0.717, 1.165) is 31.2 Å². The Labute approximate surface area is 167 Å². The Kier molecular flexibility index (Phi) is 8.48. The third-order valence-corrected chi connectivity index (χ3v) is 5.56. The molecule has 1 fully saturated rings. The van der Waals surface area contributed by atoms with Gasteiger partial charge < -0.3 is 16.0 Å². The number of carbonyl (C=O) groups excluding carboxylic acids is 3. The summed E-state index contributed by atoms with van der Waals surface area (Å²) >= 11 is 0. The van der Waals surface area contributed by atoms with Crippen LogP contribution in [0.15, 0.2) is 30.3 Å². The molecule has 0 spiro atoms. The zero-order chi connectivity index (χ0) is 20.5. The molecule has 1 aromatic rings. The van der Waals surface area contributed by atoms with Gasteiger partial charge in [-0.15, -0.1) is 0 Å². The maximum atomic E-state index is 12.9. The van der Waals surface area contributed by atoms with Crippen LogP contribution in [-0.2, 0) is 20.9 Å². The average molecular weight is 388 g/mol. The van der Waals surface area contributed by atoms with E-state index in [4.69, 9.17) is 0 Å². The summed E-state index contributed by atoms with van der Waals surface area (Å²) in [6.45, 7) is 5.65. The molecule has 0 aliphatic heterocycles. The molecule has 1 saturated carbocycles. The number of amides is 3. The highest BCUT2D eigenvalue weighted by molar-refractivity contribution is 5.88. The molecule has 0 aromatic heterocycles. The van der Waals surface area contributed by atoms with Crippen LogP contribution in [0.4, 0.5) is 0 Å². The highest BCUT2D eigenvalue weighted by Crippen LogP contribution is 2.32. The van der Waals surface area contributed by atoms with Crippen LogP contribution in [0.5, 0.6) is 0 Å². The van der Waals surface area contributed by atoms with Crippen molar-refractivity contribution < 1.29 is 14.4 Å². The number of hydrogen-bond donors (Lipinski definition) is 3. The second kappa shape index (κ2) is 10.8. The van der Waals surface area contributed by atoms with Gasteiger partial charge in [0.1, 0.15) is 6.04 Å². The first-order valence-corrected chi connectivity index (χ1v) is 10.3. The lowest BCUT2D eigenvalue weighted by Gasteiger charge is -2.36. The predicted octanol–water partition coefficient (Wildman–Crippen LogP) is 2.53. The first kappa shape index (κ1) is 21.9. The quantitative estimate of drug-likeness (QED) is 0.641. The minimum atomic E-state index is -0.604. The molecule has 1 aromatic carbocycles.